The van der Waals surface area contributed by atoms with Gasteiger partial charge in [-0.1, -0.05) is 45.2 Å². The lowest BCUT2D eigenvalue weighted by molar-refractivity contribution is 0.0697. The highest BCUT2D eigenvalue weighted by molar-refractivity contribution is 7.93. The summed E-state index contributed by atoms with van der Waals surface area (Å²) < 4.78 is 29.8. The van der Waals surface area contributed by atoms with Crippen LogP contribution in [0.1, 0.15) is 62.4 Å². The number of hydrogen-bond donors (Lipinski definition) is 2. The van der Waals surface area contributed by atoms with Gasteiger partial charge in [0, 0.05) is 13.1 Å². The zero-order valence-corrected chi connectivity index (χ0v) is 24.9. The molecular weight excluding hydrogens is 558 g/mol. The summed E-state index contributed by atoms with van der Waals surface area (Å²) in [4.78, 5) is 27.5. The van der Waals surface area contributed by atoms with Crippen LogP contribution >= 0.6 is 0 Å². The molecule has 0 fully saturated rings. The topological polar surface area (TPSA) is 146 Å². The van der Waals surface area contributed by atoms with E-state index < -0.39 is 27.4 Å². The molecule has 0 bridgehead atoms. The summed E-state index contributed by atoms with van der Waals surface area (Å²) >= 11 is 0. The van der Waals surface area contributed by atoms with Crippen LogP contribution < -0.4 is 9.86 Å². The van der Waals surface area contributed by atoms with Crippen molar-refractivity contribution >= 4 is 38.7 Å². The summed E-state index contributed by atoms with van der Waals surface area (Å²) in [5.41, 5.74) is -0.469. The average Bonchev–Trinajstić information content (AvgIpc) is 2.97. The zero-order valence-electron chi connectivity index (χ0n) is 24.1. The Morgan fingerprint density at radius 2 is 1.76 bits per heavy atom. The number of carboxylic acids is 1. The lowest BCUT2D eigenvalue weighted by atomic mass is 9.99. The molecule has 3 rings (SSSR count). The summed E-state index contributed by atoms with van der Waals surface area (Å²) in [6.45, 7) is 15.0. The van der Waals surface area contributed by atoms with Gasteiger partial charge in [-0.15, -0.1) is 10.2 Å². The lowest BCUT2D eigenvalue weighted by Gasteiger charge is -2.23. The summed E-state index contributed by atoms with van der Waals surface area (Å²) in [7, 11) is -4.18. The van der Waals surface area contributed by atoms with Gasteiger partial charge in [-0.25, -0.2) is 18.1 Å². The molecule has 0 radical (unpaired) electrons. The fourth-order valence-electron chi connectivity index (χ4n) is 4.63. The normalized spacial score (nSPS) is 12.3. The third kappa shape index (κ3) is 6.69. The minimum Gasteiger partial charge on any atom is -0.493 e. The van der Waals surface area contributed by atoms with Gasteiger partial charge >= 0.3 is 5.97 Å². The molecule has 12 heteroatoms. The van der Waals surface area contributed by atoms with E-state index in [2.05, 4.69) is 22.0 Å². The highest BCUT2D eigenvalue weighted by Gasteiger charge is 2.27. The first-order valence-corrected chi connectivity index (χ1v) is 15.2. The SMILES string of the molecule is [C-]#[N+]c1c(C)c(/N=N/c2ccccc2S(=O)(=O)N(CC)c2ccc(C(=O)O)cc2)c(O)n(CC(CC)CCCC)c1=O. The number of anilines is 1. The molecule has 2 N–H and O–H groups in total. The molecule has 42 heavy (non-hydrogen) atoms. The number of carbonyl (C=O) groups is 1. The molecule has 1 aromatic heterocycles. The van der Waals surface area contributed by atoms with E-state index in [0.29, 0.717) is 0 Å². The van der Waals surface area contributed by atoms with E-state index in [1.165, 1.54) is 49.4 Å². The number of aromatic nitrogens is 1. The number of carboxylic acid groups (broad SMARTS) is 1. The summed E-state index contributed by atoms with van der Waals surface area (Å²) in [6.07, 6.45) is 3.59. The minimum absolute atomic E-state index is 0.0200. The molecule has 2 aromatic carbocycles. The molecule has 1 heterocycles. The largest absolute Gasteiger partial charge is 0.493 e. The second-order valence-corrected chi connectivity index (χ2v) is 11.6. The fraction of sp³-hybridized carbons (Fsp3) is 0.367. The maximum Gasteiger partial charge on any atom is 0.335 e. The first-order valence-electron chi connectivity index (χ1n) is 13.7. The van der Waals surface area contributed by atoms with E-state index in [1.54, 1.807) is 13.0 Å². The van der Waals surface area contributed by atoms with Crippen LogP contribution in [0.2, 0.25) is 0 Å². The molecular formula is C30H35N5O6S. The van der Waals surface area contributed by atoms with Crippen molar-refractivity contribution in [3.05, 3.63) is 81.4 Å². The number of nitrogens with zero attached hydrogens (tertiary/aromatic N) is 5. The van der Waals surface area contributed by atoms with Gasteiger partial charge < -0.3 is 10.2 Å². The van der Waals surface area contributed by atoms with Crippen LogP contribution in [0.4, 0.5) is 22.7 Å². The average molecular weight is 594 g/mol. The Hall–Kier alpha value is -4.50. The predicted molar refractivity (Wildman–Crippen MR) is 161 cm³/mol. The van der Waals surface area contributed by atoms with Gasteiger partial charge in [0.25, 0.3) is 21.3 Å². The van der Waals surface area contributed by atoms with Crippen molar-refractivity contribution in [3.8, 4) is 5.88 Å². The van der Waals surface area contributed by atoms with Crippen molar-refractivity contribution in [1.82, 2.24) is 4.57 Å². The van der Waals surface area contributed by atoms with Gasteiger partial charge in [0.05, 0.1) is 17.8 Å². The Bertz CT molecular complexity index is 1670. The number of benzene rings is 2. The Balaban J connectivity index is 2.09. The molecule has 0 saturated heterocycles. The first-order chi connectivity index (χ1) is 20.0. The van der Waals surface area contributed by atoms with Crippen LogP contribution in [0.25, 0.3) is 4.85 Å². The van der Waals surface area contributed by atoms with E-state index in [4.69, 9.17) is 6.57 Å². The standard InChI is InChI=1S/C30H35N5O6S/c1-6-9-12-21(7-2)19-34-28(36)26(31-5)20(4)27(29(34)37)33-32-24-13-10-11-14-25(24)42(40,41)35(8-3)23-17-15-22(16-18-23)30(38)39/h10-11,13-18,21,37H,6-9,12,19H2,1-4H3,(H,38,39)/b33-32+. The Morgan fingerprint density at radius 3 is 2.33 bits per heavy atom. The summed E-state index contributed by atoms with van der Waals surface area (Å²) in [5, 5.41) is 28.6. The van der Waals surface area contributed by atoms with Crippen LogP contribution in [-0.2, 0) is 16.6 Å². The van der Waals surface area contributed by atoms with E-state index in [-0.39, 0.29) is 57.8 Å². The maximum absolute atomic E-state index is 13.8. The van der Waals surface area contributed by atoms with Gasteiger partial charge in [0.15, 0.2) is 0 Å². The van der Waals surface area contributed by atoms with Gasteiger partial charge in [-0.2, -0.15) is 0 Å². The fourth-order valence-corrected chi connectivity index (χ4v) is 6.23. The minimum atomic E-state index is -4.18. The Labute approximate surface area is 245 Å². The van der Waals surface area contributed by atoms with Crippen molar-refractivity contribution in [1.29, 1.82) is 0 Å². The molecule has 0 aliphatic heterocycles. The number of aromatic carboxylic acids is 1. The quantitative estimate of drug-likeness (QED) is 0.162. The van der Waals surface area contributed by atoms with Crippen molar-refractivity contribution in [2.75, 3.05) is 10.8 Å². The maximum atomic E-state index is 13.8. The van der Waals surface area contributed by atoms with Crippen LogP contribution in [0.15, 0.2) is 68.4 Å². The third-order valence-corrected chi connectivity index (χ3v) is 9.05. The molecule has 222 valence electrons. The smallest absolute Gasteiger partial charge is 0.335 e. The van der Waals surface area contributed by atoms with E-state index >= 15 is 0 Å². The Morgan fingerprint density at radius 1 is 1.10 bits per heavy atom. The van der Waals surface area contributed by atoms with Crippen molar-refractivity contribution in [3.63, 3.8) is 0 Å². The molecule has 3 aromatic rings. The molecule has 1 atom stereocenters. The number of unbranched alkanes of at least 4 members (excludes halogenated alkanes) is 1. The number of azo groups is 1. The van der Waals surface area contributed by atoms with E-state index in [9.17, 15) is 28.2 Å². The van der Waals surface area contributed by atoms with E-state index in [0.717, 1.165) is 34.6 Å². The summed E-state index contributed by atoms with van der Waals surface area (Å²) in [5.74, 6) is -1.46. The number of hydrogen-bond acceptors (Lipinski definition) is 7. The molecule has 0 saturated carbocycles. The lowest BCUT2D eigenvalue weighted by Crippen LogP contribution is -2.30. The highest BCUT2D eigenvalue weighted by atomic mass is 32.2. The number of aromatic hydroxyl groups is 1. The van der Waals surface area contributed by atoms with Crippen LogP contribution in [0, 0.1) is 19.4 Å². The van der Waals surface area contributed by atoms with Crippen molar-refractivity contribution in [2.24, 2.45) is 16.1 Å². The van der Waals surface area contributed by atoms with E-state index in [1.807, 2.05) is 6.92 Å². The van der Waals surface area contributed by atoms with Gasteiger partial charge in [-0.05, 0) is 68.1 Å². The van der Waals surface area contributed by atoms with Crippen LogP contribution in [-0.4, -0.2) is 35.7 Å². The van der Waals surface area contributed by atoms with Crippen molar-refractivity contribution in [2.45, 2.75) is 64.8 Å². The molecule has 0 aliphatic rings. The second kappa shape index (κ2) is 13.9. The molecule has 11 nitrogen and oxygen atoms in total. The molecule has 1 unspecified atom stereocenters. The predicted octanol–water partition coefficient (Wildman–Crippen LogP) is 6.96. The second-order valence-electron chi connectivity index (χ2n) is 9.78. The van der Waals surface area contributed by atoms with Crippen LogP contribution in [0.3, 0.4) is 0 Å². The molecule has 0 aliphatic carbocycles. The van der Waals surface area contributed by atoms with Gasteiger partial charge in [0.2, 0.25) is 5.88 Å². The number of rotatable bonds is 13. The number of pyridine rings is 1. The highest BCUT2D eigenvalue weighted by Crippen LogP contribution is 2.37. The number of sulfonamides is 1. The third-order valence-electron chi connectivity index (χ3n) is 7.10. The molecule has 0 spiro atoms. The monoisotopic (exact) mass is 593 g/mol. The zero-order chi connectivity index (χ0) is 31.0. The Kier molecular flexibility index (Phi) is 10.6. The first kappa shape index (κ1) is 32.0. The van der Waals surface area contributed by atoms with Crippen LogP contribution in [0.5, 0.6) is 5.88 Å². The van der Waals surface area contributed by atoms with Gasteiger partial charge in [0.1, 0.15) is 16.3 Å². The molecule has 0 amide bonds. The van der Waals surface area contributed by atoms with Crippen molar-refractivity contribution < 1.29 is 23.4 Å². The summed E-state index contributed by atoms with van der Waals surface area (Å²) in [6, 6.07) is 11.4. The van der Waals surface area contributed by atoms with Gasteiger partial charge in [-0.3, -0.25) is 13.7 Å².